The van der Waals surface area contributed by atoms with Gasteiger partial charge in [0, 0.05) is 39.3 Å². The van der Waals surface area contributed by atoms with Crippen LogP contribution in [-0.4, -0.2) is 78.9 Å². The van der Waals surface area contributed by atoms with Crippen molar-refractivity contribution in [3.63, 3.8) is 0 Å². The molecular weight excluding hydrogens is 318 g/mol. The average Bonchev–Trinajstić information content (AvgIpc) is 2.63. The Morgan fingerprint density at radius 3 is 2.28 bits per heavy atom. The first-order valence-corrected chi connectivity index (χ1v) is 9.11. The summed E-state index contributed by atoms with van der Waals surface area (Å²) in [7, 11) is 0. The van der Waals surface area contributed by atoms with Crippen molar-refractivity contribution >= 4 is 11.8 Å². The van der Waals surface area contributed by atoms with Gasteiger partial charge in [0.05, 0.1) is 18.7 Å². The van der Waals surface area contributed by atoms with Crippen LogP contribution in [0.1, 0.15) is 31.1 Å². The Balaban J connectivity index is 1.92. The molecule has 0 aliphatic carbocycles. The fourth-order valence-electron chi connectivity index (χ4n) is 3.07. The van der Waals surface area contributed by atoms with E-state index in [1.54, 1.807) is 0 Å². The molecular formula is C19H29N3O3. The number of para-hydroxylation sites is 1. The maximum absolute atomic E-state index is 12.8. The lowest BCUT2D eigenvalue weighted by Crippen LogP contribution is -2.51. The third-order valence-electron chi connectivity index (χ3n) is 4.55. The van der Waals surface area contributed by atoms with Crippen LogP contribution in [-0.2, 0) is 4.79 Å². The number of benzene rings is 1. The number of ether oxygens (including phenoxy) is 1. The lowest BCUT2D eigenvalue weighted by molar-refractivity contribution is -0.132. The Bertz CT molecular complexity index is 579. The molecule has 1 aromatic rings. The zero-order chi connectivity index (χ0) is 18.2. The summed E-state index contributed by atoms with van der Waals surface area (Å²) in [6.45, 7) is 11.0. The van der Waals surface area contributed by atoms with Crippen LogP contribution in [0.5, 0.6) is 5.75 Å². The predicted molar refractivity (Wildman–Crippen MR) is 97.9 cm³/mol. The second kappa shape index (κ2) is 9.42. The van der Waals surface area contributed by atoms with Crippen LogP contribution >= 0.6 is 0 Å². The Hall–Kier alpha value is -2.08. The fourth-order valence-corrected chi connectivity index (χ4v) is 3.07. The molecule has 0 radical (unpaired) electrons. The predicted octanol–water partition coefficient (Wildman–Crippen LogP) is 1.71. The van der Waals surface area contributed by atoms with E-state index in [0.29, 0.717) is 37.6 Å². The molecule has 0 atom stereocenters. The van der Waals surface area contributed by atoms with Gasteiger partial charge in [-0.1, -0.05) is 12.1 Å². The van der Waals surface area contributed by atoms with Gasteiger partial charge in [-0.05, 0) is 32.9 Å². The molecule has 0 bridgehead atoms. The summed E-state index contributed by atoms with van der Waals surface area (Å²) in [4.78, 5) is 30.8. The minimum atomic E-state index is -0.00114. The molecule has 1 aliphatic rings. The van der Waals surface area contributed by atoms with Crippen molar-refractivity contribution < 1.29 is 14.3 Å². The highest BCUT2D eigenvalue weighted by Crippen LogP contribution is 2.20. The van der Waals surface area contributed by atoms with Gasteiger partial charge in [0.15, 0.2) is 0 Å². The van der Waals surface area contributed by atoms with Crippen LogP contribution < -0.4 is 4.74 Å². The Morgan fingerprint density at radius 2 is 1.68 bits per heavy atom. The highest BCUT2D eigenvalue weighted by molar-refractivity contribution is 5.97. The minimum Gasteiger partial charge on any atom is -0.493 e. The molecule has 6 nitrogen and oxygen atoms in total. The number of carbonyl (C=O) groups is 2. The summed E-state index contributed by atoms with van der Waals surface area (Å²) in [5.41, 5.74) is 0.608. The van der Waals surface area contributed by atoms with Gasteiger partial charge in [-0.2, -0.15) is 0 Å². The molecule has 0 saturated carbocycles. The van der Waals surface area contributed by atoms with Crippen molar-refractivity contribution in [1.82, 2.24) is 14.7 Å². The van der Waals surface area contributed by atoms with Crippen molar-refractivity contribution in [1.29, 1.82) is 0 Å². The molecule has 6 heteroatoms. The van der Waals surface area contributed by atoms with Crippen LogP contribution in [0.4, 0.5) is 0 Å². The van der Waals surface area contributed by atoms with Crippen LogP contribution in [0.3, 0.4) is 0 Å². The number of rotatable bonds is 7. The number of carbonyl (C=O) groups excluding carboxylic acids is 2. The summed E-state index contributed by atoms with van der Waals surface area (Å²) in [5, 5.41) is 0. The topological polar surface area (TPSA) is 53.1 Å². The number of piperazine rings is 1. The largest absolute Gasteiger partial charge is 0.493 e. The molecule has 2 amide bonds. The molecule has 0 unspecified atom stereocenters. The smallest absolute Gasteiger partial charge is 0.257 e. The summed E-state index contributed by atoms with van der Waals surface area (Å²) in [6.07, 6.45) is 0. The van der Waals surface area contributed by atoms with E-state index >= 15 is 0 Å². The molecule has 1 aliphatic heterocycles. The molecule has 1 saturated heterocycles. The van der Waals surface area contributed by atoms with E-state index in [1.165, 1.54) is 0 Å². The van der Waals surface area contributed by atoms with Gasteiger partial charge in [0.25, 0.3) is 5.91 Å². The summed E-state index contributed by atoms with van der Waals surface area (Å²) < 4.78 is 5.57. The van der Waals surface area contributed by atoms with Gasteiger partial charge < -0.3 is 14.5 Å². The molecule has 138 valence electrons. The van der Waals surface area contributed by atoms with Crippen molar-refractivity contribution in [2.45, 2.75) is 20.8 Å². The average molecular weight is 347 g/mol. The SMILES string of the molecule is CCOc1ccccc1C(=O)N1CCN(CC(=O)N(CC)CC)CC1. The molecule has 25 heavy (non-hydrogen) atoms. The second-order valence-electron chi connectivity index (χ2n) is 6.06. The molecule has 1 fully saturated rings. The number of hydrogen-bond donors (Lipinski definition) is 0. The number of nitrogens with zero attached hydrogens (tertiary/aromatic N) is 3. The van der Waals surface area contributed by atoms with E-state index in [9.17, 15) is 9.59 Å². The zero-order valence-electron chi connectivity index (χ0n) is 15.5. The molecule has 0 aromatic heterocycles. The summed E-state index contributed by atoms with van der Waals surface area (Å²) in [6, 6.07) is 7.37. The van der Waals surface area contributed by atoms with E-state index < -0.39 is 0 Å². The van der Waals surface area contributed by atoms with Crippen LogP contribution in [0.25, 0.3) is 0 Å². The molecule has 1 aromatic carbocycles. The van der Waals surface area contributed by atoms with Crippen LogP contribution in [0, 0.1) is 0 Å². The fraction of sp³-hybridized carbons (Fsp3) is 0.579. The Labute approximate surface area is 150 Å². The number of hydrogen-bond acceptors (Lipinski definition) is 4. The lowest BCUT2D eigenvalue weighted by Gasteiger charge is -2.35. The van der Waals surface area contributed by atoms with E-state index in [4.69, 9.17) is 4.74 Å². The summed E-state index contributed by atoms with van der Waals surface area (Å²) in [5.74, 6) is 0.791. The highest BCUT2D eigenvalue weighted by atomic mass is 16.5. The van der Waals surface area contributed by atoms with Gasteiger partial charge in [-0.15, -0.1) is 0 Å². The Kier molecular flexibility index (Phi) is 7.25. The van der Waals surface area contributed by atoms with E-state index in [1.807, 2.05) is 54.8 Å². The van der Waals surface area contributed by atoms with Crippen LogP contribution in [0.15, 0.2) is 24.3 Å². The van der Waals surface area contributed by atoms with E-state index in [-0.39, 0.29) is 11.8 Å². The van der Waals surface area contributed by atoms with Gasteiger partial charge in [-0.3, -0.25) is 14.5 Å². The second-order valence-corrected chi connectivity index (χ2v) is 6.06. The van der Waals surface area contributed by atoms with Crippen LogP contribution in [0.2, 0.25) is 0 Å². The van der Waals surface area contributed by atoms with Gasteiger partial charge in [0.1, 0.15) is 5.75 Å². The molecule has 1 heterocycles. The van der Waals surface area contributed by atoms with Crippen molar-refractivity contribution in [3.05, 3.63) is 29.8 Å². The first-order valence-electron chi connectivity index (χ1n) is 9.11. The van der Waals surface area contributed by atoms with E-state index in [0.717, 1.165) is 26.2 Å². The maximum atomic E-state index is 12.8. The highest BCUT2D eigenvalue weighted by Gasteiger charge is 2.25. The quantitative estimate of drug-likeness (QED) is 0.753. The van der Waals surface area contributed by atoms with E-state index in [2.05, 4.69) is 4.90 Å². The summed E-state index contributed by atoms with van der Waals surface area (Å²) >= 11 is 0. The van der Waals surface area contributed by atoms with Crippen molar-refractivity contribution in [2.24, 2.45) is 0 Å². The molecule has 2 rings (SSSR count). The Morgan fingerprint density at radius 1 is 1.04 bits per heavy atom. The third-order valence-corrected chi connectivity index (χ3v) is 4.55. The monoisotopic (exact) mass is 347 g/mol. The number of likely N-dealkylation sites (N-methyl/N-ethyl adjacent to an activating group) is 1. The van der Waals surface area contributed by atoms with Gasteiger partial charge in [0.2, 0.25) is 5.91 Å². The molecule has 0 N–H and O–H groups in total. The zero-order valence-corrected chi connectivity index (χ0v) is 15.5. The maximum Gasteiger partial charge on any atom is 0.257 e. The first kappa shape index (κ1) is 19.2. The van der Waals surface area contributed by atoms with Gasteiger partial charge in [-0.25, -0.2) is 0 Å². The lowest BCUT2D eigenvalue weighted by atomic mass is 10.1. The minimum absolute atomic E-state index is 0.00114. The van der Waals surface area contributed by atoms with Gasteiger partial charge >= 0.3 is 0 Å². The van der Waals surface area contributed by atoms with Crippen molar-refractivity contribution in [3.8, 4) is 5.75 Å². The normalized spacial score (nSPS) is 15.1. The third kappa shape index (κ3) is 4.95. The molecule has 0 spiro atoms. The van der Waals surface area contributed by atoms with Crippen molar-refractivity contribution in [2.75, 3.05) is 52.4 Å². The first-order chi connectivity index (χ1) is 12.1. The number of amides is 2. The standard InChI is InChI=1S/C19H29N3O3/c1-4-21(5-2)18(23)15-20-11-13-22(14-12-20)19(24)16-9-7-8-10-17(16)25-6-3/h7-10H,4-6,11-15H2,1-3H3.